The molecule has 29 heavy (non-hydrogen) atoms. The van der Waals surface area contributed by atoms with Gasteiger partial charge in [-0.3, -0.25) is 14.3 Å². The first-order valence-corrected chi connectivity index (χ1v) is 9.73. The first kappa shape index (κ1) is 17.6. The van der Waals surface area contributed by atoms with E-state index in [9.17, 15) is 9.59 Å². The number of aromatic nitrogens is 3. The van der Waals surface area contributed by atoms with Crippen molar-refractivity contribution in [3.63, 3.8) is 0 Å². The lowest BCUT2D eigenvalue weighted by atomic mass is 10.0. The van der Waals surface area contributed by atoms with Crippen molar-refractivity contribution in [3.05, 3.63) is 70.5 Å². The van der Waals surface area contributed by atoms with Gasteiger partial charge < -0.3 is 9.32 Å². The molecule has 0 atom stereocenters. The number of hydrogen-bond acceptors (Lipinski definition) is 5. The average Bonchev–Trinajstić information content (AvgIpc) is 3.10. The van der Waals surface area contributed by atoms with Crippen LogP contribution in [0.4, 0.5) is 0 Å². The van der Waals surface area contributed by atoms with E-state index in [1.807, 2.05) is 49.4 Å². The Morgan fingerprint density at radius 1 is 1.07 bits per heavy atom. The maximum atomic E-state index is 12.9. The van der Waals surface area contributed by atoms with Crippen LogP contribution in [-0.4, -0.2) is 38.4 Å². The van der Waals surface area contributed by atoms with Crippen LogP contribution < -0.4 is 5.76 Å². The Hall–Kier alpha value is -3.48. The summed E-state index contributed by atoms with van der Waals surface area (Å²) < 4.78 is 7.18. The Bertz CT molecular complexity index is 1280. The summed E-state index contributed by atoms with van der Waals surface area (Å²) in [7, 11) is 0. The molecule has 0 spiro atoms. The lowest BCUT2D eigenvalue weighted by Gasteiger charge is -2.32. The summed E-state index contributed by atoms with van der Waals surface area (Å²) in [5.74, 6) is -0.457. The van der Waals surface area contributed by atoms with Crippen molar-refractivity contribution in [1.29, 1.82) is 0 Å². The molecule has 0 radical (unpaired) electrons. The van der Waals surface area contributed by atoms with Gasteiger partial charge in [-0.1, -0.05) is 24.3 Å². The van der Waals surface area contributed by atoms with E-state index < -0.39 is 0 Å². The van der Waals surface area contributed by atoms with Crippen LogP contribution >= 0.6 is 0 Å². The molecule has 7 heteroatoms. The molecule has 2 aromatic heterocycles. The Morgan fingerprint density at radius 2 is 1.83 bits per heavy atom. The van der Waals surface area contributed by atoms with Crippen molar-refractivity contribution < 1.29 is 9.21 Å². The molecule has 1 saturated heterocycles. The first-order chi connectivity index (χ1) is 14.1. The predicted octanol–water partition coefficient (Wildman–Crippen LogP) is 3.32. The van der Waals surface area contributed by atoms with Gasteiger partial charge in [-0.25, -0.2) is 9.78 Å². The Labute approximate surface area is 166 Å². The first-order valence-electron chi connectivity index (χ1n) is 9.73. The van der Waals surface area contributed by atoms with Gasteiger partial charge in [0, 0.05) is 19.1 Å². The Balaban J connectivity index is 1.37. The molecule has 7 nitrogen and oxygen atoms in total. The van der Waals surface area contributed by atoms with Crippen molar-refractivity contribution >= 4 is 28.0 Å². The van der Waals surface area contributed by atoms with Gasteiger partial charge in [0.15, 0.2) is 5.58 Å². The second kappa shape index (κ2) is 6.84. The lowest BCUT2D eigenvalue weighted by molar-refractivity contribution is 0.0688. The summed E-state index contributed by atoms with van der Waals surface area (Å²) >= 11 is 0. The van der Waals surface area contributed by atoms with Crippen LogP contribution in [0.1, 0.15) is 34.9 Å². The van der Waals surface area contributed by atoms with Crippen molar-refractivity contribution in [2.45, 2.75) is 25.8 Å². The molecule has 5 rings (SSSR count). The van der Waals surface area contributed by atoms with E-state index in [0.717, 1.165) is 16.6 Å². The standard InChI is InChI=1S/C22H20N4O3/c1-14-5-4-8-19-20(14)26(22(28)29-19)15-9-11-25(12-10-15)21(27)18-13-23-16-6-2-3-7-17(16)24-18/h2-8,13,15H,9-12H2,1H3. The fraction of sp³-hybridized carbons (Fsp3) is 0.273. The third-order valence-corrected chi connectivity index (χ3v) is 5.62. The quantitative estimate of drug-likeness (QED) is 0.526. The van der Waals surface area contributed by atoms with Crippen LogP contribution in [0.5, 0.6) is 0 Å². The van der Waals surface area contributed by atoms with E-state index in [0.29, 0.717) is 42.7 Å². The van der Waals surface area contributed by atoms with E-state index >= 15 is 0 Å². The molecule has 1 fully saturated rings. The van der Waals surface area contributed by atoms with Gasteiger partial charge in [-0.2, -0.15) is 0 Å². The van der Waals surface area contributed by atoms with Gasteiger partial charge in [0.2, 0.25) is 0 Å². The van der Waals surface area contributed by atoms with Gasteiger partial charge in [-0.05, 0) is 43.5 Å². The predicted molar refractivity (Wildman–Crippen MR) is 109 cm³/mol. The summed E-state index contributed by atoms with van der Waals surface area (Å²) in [6.45, 7) is 3.09. The third-order valence-electron chi connectivity index (χ3n) is 5.62. The topological polar surface area (TPSA) is 81.2 Å². The monoisotopic (exact) mass is 388 g/mol. The Kier molecular flexibility index (Phi) is 4.16. The number of carbonyl (C=O) groups excluding carboxylic acids is 1. The molecule has 0 unspecified atom stereocenters. The molecule has 1 amide bonds. The molecule has 1 aliphatic rings. The highest BCUT2D eigenvalue weighted by molar-refractivity contribution is 5.93. The largest absolute Gasteiger partial charge is 0.420 e. The number of oxazole rings is 1. The van der Waals surface area contributed by atoms with E-state index in [4.69, 9.17) is 4.42 Å². The number of likely N-dealkylation sites (tertiary alicyclic amines) is 1. The zero-order valence-corrected chi connectivity index (χ0v) is 16.0. The number of amides is 1. The van der Waals surface area contributed by atoms with Gasteiger partial charge in [-0.15, -0.1) is 0 Å². The van der Waals surface area contributed by atoms with E-state index in [-0.39, 0.29) is 17.7 Å². The van der Waals surface area contributed by atoms with E-state index in [1.54, 1.807) is 9.47 Å². The molecule has 2 aromatic carbocycles. The van der Waals surface area contributed by atoms with Crippen LogP contribution in [0.25, 0.3) is 22.1 Å². The SMILES string of the molecule is Cc1cccc2oc(=O)n(C3CCN(C(=O)c4cnc5ccccc5n4)CC3)c12. The summed E-state index contributed by atoms with van der Waals surface area (Å²) in [6, 6.07) is 13.2. The molecule has 3 heterocycles. The summed E-state index contributed by atoms with van der Waals surface area (Å²) in [4.78, 5) is 35.9. The van der Waals surface area contributed by atoms with Gasteiger partial charge in [0.1, 0.15) is 5.69 Å². The molecule has 0 bridgehead atoms. The van der Waals surface area contributed by atoms with Crippen molar-refractivity contribution in [1.82, 2.24) is 19.4 Å². The van der Waals surface area contributed by atoms with Crippen molar-refractivity contribution in [3.8, 4) is 0 Å². The highest BCUT2D eigenvalue weighted by Crippen LogP contribution is 2.28. The molecule has 146 valence electrons. The molecule has 1 aliphatic heterocycles. The van der Waals surface area contributed by atoms with Crippen LogP contribution in [0.3, 0.4) is 0 Å². The number of nitrogens with zero attached hydrogens (tertiary/aromatic N) is 4. The third kappa shape index (κ3) is 2.99. The van der Waals surface area contributed by atoms with E-state index in [2.05, 4.69) is 9.97 Å². The number of para-hydroxylation sites is 3. The minimum absolute atomic E-state index is 0.0107. The fourth-order valence-electron chi connectivity index (χ4n) is 4.14. The molecular formula is C22H20N4O3. The highest BCUT2D eigenvalue weighted by Gasteiger charge is 2.28. The summed E-state index contributed by atoms with van der Waals surface area (Å²) in [6.07, 6.45) is 2.92. The maximum absolute atomic E-state index is 12.9. The number of fused-ring (bicyclic) bond motifs is 2. The van der Waals surface area contributed by atoms with Crippen LogP contribution in [0, 0.1) is 6.92 Å². The van der Waals surface area contributed by atoms with Gasteiger partial charge in [0.05, 0.1) is 22.7 Å². The Morgan fingerprint density at radius 3 is 2.62 bits per heavy atom. The second-order valence-electron chi connectivity index (χ2n) is 7.43. The molecule has 0 saturated carbocycles. The highest BCUT2D eigenvalue weighted by atomic mass is 16.4. The maximum Gasteiger partial charge on any atom is 0.420 e. The lowest BCUT2D eigenvalue weighted by Crippen LogP contribution is -2.40. The van der Waals surface area contributed by atoms with Crippen molar-refractivity contribution in [2.75, 3.05) is 13.1 Å². The molecular weight excluding hydrogens is 368 g/mol. The molecule has 0 aliphatic carbocycles. The number of hydrogen-bond donors (Lipinski definition) is 0. The molecule has 4 aromatic rings. The number of rotatable bonds is 2. The smallest absolute Gasteiger partial charge is 0.408 e. The fourth-order valence-corrected chi connectivity index (χ4v) is 4.14. The number of piperidine rings is 1. The van der Waals surface area contributed by atoms with Crippen molar-refractivity contribution in [2.24, 2.45) is 0 Å². The van der Waals surface area contributed by atoms with Gasteiger partial charge in [0.25, 0.3) is 5.91 Å². The number of benzene rings is 2. The number of aryl methyl sites for hydroxylation is 1. The van der Waals surface area contributed by atoms with Gasteiger partial charge >= 0.3 is 5.76 Å². The van der Waals surface area contributed by atoms with Crippen LogP contribution in [0.2, 0.25) is 0 Å². The normalized spacial score (nSPS) is 15.3. The summed E-state index contributed by atoms with van der Waals surface area (Å²) in [5, 5.41) is 0. The minimum Gasteiger partial charge on any atom is -0.408 e. The molecule has 0 N–H and O–H groups in total. The second-order valence-corrected chi connectivity index (χ2v) is 7.43. The number of carbonyl (C=O) groups is 1. The van der Waals surface area contributed by atoms with Crippen LogP contribution in [0.15, 0.2) is 57.9 Å². The average molecular weight is 388 g/mol. The zero-order valence-electron chi connectivity index (χ0n) is 16.0. The van der Waals surface area contributed by atoms with E-state index in [1.165, 1.54) is 6.20 Å². The zero-order chi connectivity index (χ0) is 20.0. The van der Waals surface area contributed by atoms with Crippen LogP contribution in [-0.2, 0) is 0 Å². The summed E-state index contributed by atoms with van der Waals surface area (Å²) in [5.41, 5.74) is 4.30. The minimum atomic E-state index is -0.334.